The van der Waals surface area contributed by atoms with Crippen LogP contribution in [-0.2, 0) is 16.0 Å². The molecule has 2 aromatic carbocycles. The van der Waals surface area contributed by atoms with Crippen LogP contribution in [0, 0.1) is 6.92 Å². The molecule has 1 fully saturated rings. The van der Waals surface area contributed by atoms with E-state index in [1.54, 1.807) is 7.11 Å². The monoisotopic (exact) mass is 338 g/mol. The van der Waals surface area contributed by atoms with Crippen LogP contribution >= 0.6 is 0 Å². The number of imide groups is 1. The molecule has 5 nitrogen and oxygen atoms in total. The Balaban J connectivity index is 1.59. The summed E-state index contributed by atoms with van der Waals surface area (Å²) in [5.74, 6) is 0.515. The lowest BCUT2D eigenvalue weighted by Crippen LogP contribution is -2.36. The topological polar surface area (TPSA) is 58.6 Å². The summed E-state index contributed by atoms with van der Waals surface area (Å²) in [6.45, 7) is 2.41. The fraction of sp³-hybridized carbons (Fsp3) is 0.300. The molecule has 25 heavy (non-hydrogen) atoms. The van der Waals surface area contributed by atoms with Crippen LogP contribution in [0.4, 0.5) is 5.69 Å². The molecular weight excluding hydrogens is 316 g/mol. The zero-order chi connectivity index (χ0) is 17.8. The summed E-state index contributed by atoms with van der Waals surface area (Å²) in [6.07, 6.45) is 0.841. The molecule has 1 saturated heterocycles. The summed E-state index contributed by atoms with van der Waals surface area (Å²) in [7, 11) is 1.62. The highest BCUT2D eigenvalue weighted by atomic mass is 16.5. The molecule has 1 atom stereocenters. The van der Waals surface area contributed by atoms with Crippen molar-refractivity contribution in [2.45, 2.75) is 25.8 Å². The highest BCUT2D eigenvalue weighted by molar-refractivity contribution is 6.06. The summed E-state index contributed by atoms with van der Waals surface area (Å²) in [6, 6.07) is 15.0. The average molecular weight is 338 g/mol. The van der Waals surface area contributed by atoms with Crippen molar-refractivity contribution in [3.63, 3.8) is 0 Å². The van der Waals surface area contributed by atoms with Gasteiger partial charge in [-0.1, -0.05) is 29.8 Å². The number of methoxy groups -OCH3 is 1. The average Bonchev–Trinajstić information content (AvgIpc) is 2.89. The molecule has 1 unspecified atom stereocenters. The van der Waals surface area contributed by atoms with Crippen molar-refractivity contribution in [2.75, 3.05) is 19.0 Å². The van der Waals surface area contributed by atoms with Crippen molar-refractivity contribution in [2.24, 2.45) is 0 Å². The number of carbonyl (C=O) groups is 2. The van der Waals surface area contributed by atoms with Crippen molar-refractivity contribution in [3.05, 3.63) is 59.7 Å². The number of carbonyl (C=O) groups excluding carboxylic acids is 2. The first-order valence-electron chi connectivity index (χ1n) is 8.37. The molecule has 3 rings (SSSR count). The van der Waals surface area contributed by atoms with Crippen LogP contribution in [0.2, 0.25) is 0 Å². The van der Waals surface area contributed by atoms with E-state index in [9.17, 15) is 9.59 Å². The van der Waals surface area contributed by atoms with Crippen LogP contribution in [-0.4, -0.2) is 36.4 Å². The molecule has 0 aliphatic carbocycles. The molecule has 1 aliphatic rings. The number of aryl methyl sites for hydroxylation is 1. The summed E-state index contributed by atoms with van der Waals surface area (Å²) < 4.78 is 5.13. The van der Waals surface area contributed by atoms with E-state index in [0.29, 0.717) is 13.0 Å². The van der Waals surface area contributed by atoms with Gasteiger partial charge in [-0.05, 0) is 43.2 Å². The molecule has 5 heteroatoms. The lowest BCUT2D eigenvalue weighted by Gasteiger charge is -2.16. The van der Waals surface area contributed by atoms with Gasteiger partial charge >= 0.3 is 0 Å². The summed E-state index contributed by atoms with van der Waals surface area (Å²) in [5, 5.41) is 3.16. The number of anilines is 1. The molecule has 0 radical (unpaired) electrons. The molecule has 1 N–H and O–H groups in total. The van der Waals surface area contributed by atoms with Gasteiger partial charge in [0, 0.05) is 12.2 Å². The lowest BCUT2D eigenvalue weighted by molar-refractivity contribution is -0.138. The van der Waals surface area contributed by atoms with Gasteiger partial charge in [-0.2, -0.15) is 0 Å². The van der Waals surface area contributed by atoms with E-state index >= 15 is 0 Å². The fourth-order valence-corrected chi connectivity index (χ4v) is 2.91. The van der Waals surface area contributed by atoms with Gasteiger partial charge in [0.2, 0.25) is 5.91 Å². The molecule has 0 spiro atoms. The Morgan fingerprint density at radius 3 is 2.40 bits per heavy atom. The maximum atomic E-state index is 12.5. The van der Waals surface area contributed by atoms with Gasteiger partial charge < -0.3 is 10.1 Å². The Hall–Kier alpha value is -2.82. The van der Waals surface area contributed by atoms with Crippen LogP contribution in [0.25, 0.3) is 0 Å². The number of ether oxygens (including phenoxy) is 1. The van der Waals surface area contributed by atoms with Gasteiger partial charge in [0.15, 0.2) is 0 Å². The minimum absolute atomic E-state index is 0.122. The number of hydrogen-bond donors (Lipinski definition) is 1. The van der Waals surface area contributed by atoms with Crippen molar-refractivity contribution in [1.29, 1.82) is 0 Å². The maximum Gasteiger partial charge on any atom is 0.252 e. The van der Waals surface area contributed by atoms with Crippen molar-refractivity contribution >= 4 is 17.5 Å². The van der Waals surface area contributed by atoms with Crippen molar-refractivity contribution in [3.8, 4) is 5.75 Å². The van der Waals surface area contributed by atoms with Gasteiger partial charge in [0.05, 0.1) is 13.5 Å². The van der Waals surface area contributed by atoms with Gasteiger partial charge in [-0.15, -0.1) is 0 Å². The Morgan fingerprint density at radius 1 is 1.08 bits per heavy atom. The Morgan fingerprint density at radius 2 is 1.76 bits per heavy atom. The third kappa shape index (κ3) is 3.99. The van der Waals surface area contributed by atoms with Crippen LogP contribution in [0.3, 0.4) is 0 Å². The maximum absolute atomic E-state index is 12.5. The second-order valence-electron chi connectivity index (χ2n) is 6.25. The minimum atomic E-state index is -0.480. The van der Waals surface area contributed by atoms with E-state index in [2.05, 4.69) is 5.32 Å². The van der Waals surface area contributed by atoms with Crippen LogP contribution in [0.15, 0.2) is 48.5 Å². The van der Waals surface area contributed by atoms with Crippen molar-refractivity contribution < 1.29 is 14.3 Å². The number of nitrogens with zero attached hydrogens (tertiary/aromatic N) is 1. The molecule has 1 heterocycles. The summed E-state index contributed by atoms with van der Waals surface area (Å²) in [5.41, 5.74) is 3.07. The molecular formula is C20H22N2O3. The highest BCUT2D eigenvalue weighted by Crippen LogP contribution is 2.20. The molecule has 0 saturated carbocycles. The second kappa shape index (κ2) is 7.38. The van der Waals surface area contributed by atoms with Crippen LogP contribution in [0.1, 0.15) is 17.5 Å². The smallest absolute Gasteiger partial charge is 0.252 e. The third-order valence-corrected chi connectivity index (χ3v) is 4.42. The predicted octanol–water partition coefficient (Wildman–Crippen LogP) is 2.79. The summed E-state index contributed by atoms with van der Waals surface area (Å²) in [4.78, 5) is 26.1. The molecule has 2 aromatic rings. The van der Waals surface area contributed by atoms with Crippen LogP contribution in [0.5, 0.6) is 5.75 Å². The molecule has 0 aromatic heterocycles. The van der Waals surface area contributed by atoms with E-state index in [-0.39, 0.29) is 18.2 Å². The van der Waals surface area contributed by atoms with E-state index in [1.807, 2.05) is 55.5 Å². The van der Waals surface area contributed by atoms with E-state index in [0.717, 1.165) is 22.6 Å². The first kappa shape index (κ1) is 17.0. The Bertz CT molecular complexity index is 754. The molecule has 2 amide bonds. The van der Waals surface area contributed by atoms with Gasteiger partial charge in [0.25, 0.3) is 5.91 Å². The fourth-order valence-electron chi connectivity index (χ4n) is 2.91. The van der Waals surface area contributed by atoms with Gasteiger partial charge in [-0.3, -0.25) is 14.5 Å². The second-order valence-corrected chi connectivity index (χ2v) is 6.25. The normalized spacial score (nSPS) is 17.0. The minimum Gasteiger partial charge on any atom is -0.497 e. The Kier molecular flexibility index (Phi) is 5.03. The molecule has 1 aliphatic heterocycles. The highest BCUT2D eigenvalue weighted by Gasteiger charge is 2.38. The van der Waals surface area contributed by atoms with E-state index in [1.165, 1.54) is 4.90 Å². The quantitative estimate of drug-likeness (QED) is 0.823. The number of likely N-dealkylation sites (tertiary alicyclic amines) is 1. The van der Waals surface area contributed by atoms with Crippen LogP contribution < -0.4 is 10.1 Å². The number of nitrogens with one attached hydrogen (secondary N) is 1. The number of amides is 2. The number of benzene rings is 2. The molecule has 130 valence electrons. The zero-order valence-corrected chi connectivity index (χ0v) is 14.5. The number of hydrogen-bond acceptors (Lipinski definition) is 4. The predicted molar refractivity (Wildman–Crippen MR) is 96.6 cm³/mol. The third-order valence-electron chi connectivity index (χ3n) is 4.42. The number of rotatable bonds is 6. The SMILES string of the molecule is COc1ccc(CCN2C(=O)CC(Nc3ccc(C)cc3)C2=O)cc1. The van der Waals surface area contributed by atoms with Gasteiger partial charge in [-0.25, -0.2) is 0 Å². The largest absolute Gasteiger partial charge is 0.497 e. The first-order valence-corrected chi connectivity index (χ1v) is 8.37. The first-order chi connectivity index (χ1) is 12.1. The summed E-state index contributed by atoms with van der Waals surface area (Å²) >= 11 is 0. The molecule has 0 bridgehead atoms. The Labute approximate surface area is 147 Å². The van der Waals surface area contributed by atoms with Crippen molar-refractivity contribution in [1.82, 2.24) is 4.90 Å². The van der Waals surface area contributed by atoms with E-state index in [4.69, 9.17) is 4.74 Å². The standard InChI is InChI=1S/C20H22N2O3/c1-14-3-7-16(8-4-14)21-18-13-19(23)22(20(18)24)12-11-15-5-9-17(25-2)10-6-15/h3-10,18,21H,11-13H2,1-2H3. The lowest BCUT2D eigenvalue weighted by atomic mass is 10.1. The van der Waals surface area contributed by atoms with E-state index < -0.39 is 6.04 Å². The van der Waals surface area contributed by atoms with Gasteiger partial charge in [0.1, 0.15) is 11.8 Å². The zero-order valence-electron chi connectivity index (χ0n) is 14.5.